The Balaban J connectivity index is 2.65. The number of anilines is 2. The standard InChI is InChI=1S/C11H16FN3O/c1-14-11(16)5-6-15(2)10-4-3-8(13)7-9(10)12/h3-4,7H,5-6,13H2,1-2H3,(H,14,16). The van der Waals surface area contributed by atoms with E-state index in [1.807, 2.05) is 0 Å². The number of amides is 1. The lowest BCUT2D eigenvalue weighted by Gasteiger charge is -2.19. The first kappa shape index (κ1) is 12.3. The zero-order valence-electron chi connectivity index (χ0n) is 9.46. The number of nitrogens with one attached hydrogen (secondary N) is 1. The van der Waals surface area contributed by atoms with E-state index in [2.05, 4.69) is 5.32 Å². The van der Waals surface area contributed by atoms with Crippen molar-refractivity contribution in [3.05, 3.63) is 24.0 Å². The van der Waals surface area contributed by atoms with Gasteiger partial charge in [0.2, 0.25) is 5.91 Å². The van der Waals surface area contributed by atoms with E-state index in [0.29, 0.717) is 24.3 Å². The van der Waals surface area contributed by atoms with E-state index in [1.165, 1.54) is 6.07 Å². The molecule has 4 nitrogen and oxygen atoms in total. The fourth-order valence-electron chi connectivity index (χ4n) is 1.35. The average molecular weight is 225 g/mol. The van der Waals surface area contributed by atoms with Gasteiger partial charge in [-0.3, -0.25) is 4.79 Å². The molecule has 3 N–H and O–H groups in total. The second kappa shape index (κ2) is 5.34. The Morgan fingerprint density at radius 1 is 1.56 bits per heavy atom. The van der Waals surface area contributed by atoms with Gasteiger partial charge in [-0.15, -0.1) is 0 Å². The minimum absolute atomic E-state index is 0.0669. The summed E-state index contributed by atoms with van der Waals surface area (Å²) in [6, 6.07) is 4.51. The molecule has 16 heavy (non-hydrogen) atoms. The zero-order valence-corrected chi connectivity index (χ0v) is 9.46. The van der Waals surface area contributed by atoms with Gasteiger partial charge in [-0.05, 0) is 18.2 Å². The highest BCUT2D eigenvalue weighted by Gasteiger charge is 2.08. The fourth-order valence-corrected chi connectivity index (χ4v) is 1.35. The molecule has 0 radical (unpaired) electrons. The van der Waals surface area contributed by atoms with Crippen molar-refractivity contribution < 1.29 is 9.18 Å². The molecule has 1 aromatic carbocycles. The van der Waals surface area contributed by atoms with Crippen LogP contribution < -0.4 is 16.0 Å². The maximum atomic E-state index is 13.5. The summed E-state index contributed by atoms with van der Waals surface area (Å²) in [7, 11) is 3.31. The predicted octanol–water partition coefficient (Wildman–Crippen LogP) is 0.980. The van der Waals surface area contributed by atoms with E-state index in [0.717, 1.165) is 0 Å². The molecule has 0 aromatic heterocycles. The summed E-state index contributed by atoms with van der Waals surface area (Å²) in [5, 5.41) is 2.52. The lowest BCUT2D eigenvalue weighted by molar-refractivity contribution is -0.120. The summed E-state index contributed by atoms with van der Waals surface area (Å²) in [5.74, 6) is -0.442. The van der Waals surface area contributed by atoms with Crippen LogP contribution in [0, 0.1) is 5.82 Å². The quantitative estimate of drug-likeness (QED) is 0.751. The summed E-state index contributed by atoms with van der Waals surface area (Å²) in [4.78, 5) is 12.7. The molecule has 1 amide bonds. The normalized spacial score (nSPS) is 9.94. The van der Waals surface area contributed by atoms with E-state index >= 15 is 0 Å². The van der Waals surface area contributed by atoms with Crippen LogP contribution in [-0.2, 0) is 4.79 Å². The number of carbonyl (C=O) groups is 1. The molecule has 1 aromatic rings. The second-order valence-corrected chi connectivity index (χ2v) is 3.56. The van der Waals surface area contributed by atoms with Crippen LogP contribution in [0.15, 0.2) is 18.2 Å². The van der Waals surface area contributed by atoms with Crippen LogP contribution in [0.2, 0.25) is 0 Å². The van der Waals surface area contributed by atoms with Crippen LogP contribution in [0.3, 0.4) is 0 Å². The van der Waals surface area contributed by atoms with Gasteiger partial charge < -0.3 is 16.0 Å². The summed E-state index contributed by atoms with van der Waals surface area (Å²) < 4.78 is 13.5. The smallest absolute Gasteiger partial charge is 0.221 e. The topological polar surface area (TPSA) is 58.4 Å². The number of carbonyl (C=O) groups excluding carboxylic acids is 1. The lowest BCUT2D eigenvalue weighted by Crippen LogP contribution is -2.26. The Hall–Kier alpha value is -1.78. The van der Waals surface area contributed by atoms with E-state index in [9.17, 15) is 9.18 Å². The Labute approximate surface area is 94.2 Å². The molecule has 0 aliphatic rings. The first-order chi connectivity index (χ1) is 7.54. The summed E-state index contributed by atoms with van der Waals surface area (Å²) in [5.41, 5.74) is 6.28. The number of hydrogen-bond acceptors (Lipinski definition) is 3. The fraction of sp³-hybridized carbons (Fsp3) is 0.364. The van der Waals surface area contributed by atoms with Gasteiger partial charge in [0.05, 0.1) is 5.69 Å². The molecule has 0 spiro atoms. The maximum absolute atomic E-state index is 13.5. The molecule has 0 fully saturated rings. The summed E-state index contributed by atoms with van der Waals surface area (Å²) >= 11 is 0. The van der Waals surface area contributed by atoms with Gasteiger partial charge in [0.15, 0.2) is 0 Å². The molecule has 1 rings (SSSR count). The van der Waals surface area contributed by atoms with Gasteiger partial charge in [0.1, 0.15) is 5.82 Å². The molecular formula is C11H16FN3O. The monoisotopic (exact) mass is 225 g/mol. The minimum atomic E-state index is -0.376. The molecule has 5 heteroatoms. The van der Waals surface area contributed by atoms with Crippen molar-refractivity contribution in [2.45, 2.75) is 6.42 Å². The van der Waals surface area contributed by atoms with Gasteiger partial charge in [-0.1, -0.05) is 0 Å². The Bertz CT molecular complexity index is 381. The van der Waals surface area contributed by atoms with Crippen molar-refractivity contribution in [2.24, 2.45) is 0 Å². The highest BCUT2D eigenvalue weighted by molar-refractivity contribution is 5.76. The minimum Gasteiger partial charge on any atom is -0.399 e. The van der Waals surface area contributed by atoms with Crippen LogP contribution in [0.25, 0.3) is 0 Å². The van der Waals surface area contributed by atoms with Gasteiger partial charge in [-0.2, -0.15) is 0 Å². The van der Waals surface area contributed by atoms with Crippen molar-refractivity contribution in [3.8, 4) is 0 Å². The van der Waals surface area contributed by atoms with Gasteiger partial charge in [-0.25, -0.2) is 4.39 Å². The van der Waals surface area contributed by atoms with Crippen LogP contribution in [0.5, 0.6) is 0 Å². The van der Waals surface area contributed by atoms with Crippen LogP contribution in [0.4, 0.5) is 15.8 Å². The van der Waals surface area contributed by atoms with E-state index < -0.39 is 0 Å². The van der Waals surface area contributed by atoms with Crippen molar-refractivity contribution >= 4 is 17.3 Å². The predicted molar refractivity (Wildman–Crippen MR) is 62.8 cm³/mol. The third kappa shape index (κ3) is 3.12. The number of nitrogens with two attached hydrogens (primary N) is 1. The first-order valence-corrected chi connectivity index (χ1v) is 5.01. The van der Waals surface area contributed by atoms with Crippen molar-refractivity contribution in [1.29, 1.82) is 0 Å². The molecule has 0 aliphatic heterocycles. The largest absolute Gasteiger partial charge is 0.399 e. The number of hydrogen-bond donors (Lipinski definition) is 2. The Kier molecular flexibility index (Phi) is 4.10. The molecule has 0 bridgehead atoms. The number of rotatable bonds is 4. The van der Waals surface area contributed by atoms with Gasteiger partial charge in [0.25, 0.3) is 0 Å². The third-order valence-corrected chi connectivity index (χ3v) is 2.34. The SMILES string of the molecule is CNC(=O)CCN(C)c1ccc(N)cc1F. The average Bonchev–Trinajstić information content (AvgIpc) is 2.25. The Morgan fingerprint density at radius 2 is 2.25 bits per heavy atom. The van der Waals surface area contributed by atoms with Crippen LogP contribution in [-0.4, -0.2) is 26.5 Å². The zero-order chi connectivity index (χ0) is 12.1. The van der Waals surface area contributed by atoms with Crippen LogP contribution >= 0.6 is 0 Å². The molecule has 0 atom stereocenters. The number of nitrogen functional groups attached to an aromatic ring is 1. The second-order valence-electron chi connectivity index (χ2n) is 3.56. The lowest BCUT2D eigenvalue weighted by atomic mass is 10.2. The number of nitrogens with zero attached hydrogens (tertiary/aromatic N) is 1. The van der Waals surface area contributed by atoms with E-state index in [4.69, 9.17) is 5.73 Å². The highest BCUT2D eigenvalue weighted by atomic mass is 19.1. The highest BCUT2D eigenvalue weighted by Crippen LogP contribution is 2.20. The number of halogens is 1. The first-order valence-electron chi connectivity index (χ1n) is 5.01. The molecule has 0 unspecified atom stereocenters. The van der Waals surface area contributed by atoms with Gasteiger partial charge in [0, 0.05) is 32.7 Å². The van der Waals surface area contributed by atoms with Crippen LogP contribution in [0.1, 0.15) is 6.42 Å². The van der Waals surface area contributed by atoms with Gasteiger partial charge >= 0.3 is 0 Å². The molecule has 0 saturated heterocycles. The Morgan fingerprint density at radius 3 is 2.81 bits per heavy atom. The third-order valence-electron chi connectivity index (χ3n) is 2.34. The van der Waals surface area contributed by atoms with E-state index in [1.54, 1.807) is 31.1 Å². The molecule has 88 valence electrons. The number of benzene rings is 1. The molecule has 0 saturated carbocycles. The van der Waals surface area contributed by atoms with Crippen molar-refractivity contribution in [2.75, 3.05) is 31.3 Å². The van der Waals surface area contributed by atoms with Crippen molar-refractivity contribution in [1.82, 2.24) is 5.32 Å². The maximum Gasteiger partial charge on any atom is 0.221 e. The molecular weight excluding hydrogens is 209 g/mol. The summed E-state index contributed by atoms with van der Waals surface area (Å²) in [6.07, 6.45) is 0.330. The molecule has 0 heterocycles. The molecule has 0 aliphatic carbocycles. The van der Waals surface area contributed by atoms with E-state index in [-0.39, 0.29) is 11.7 Å². The summed E-state index contributed by atoms with van der Waals surface area (Å²) in [6.45, 7) is 0.459. The van der Waals surface area contributed by atoms with Crippen molar-refractivity contribution in [3.63, 3.8) is 0 Å².